The highest BCUT2D eigenvalue weighted by Gasteiger charge is 2.48. The first-order valence-corrected chi connectivity index (χ1v) is 13.7. The Morgan fingerprint density at radius 2 is 1.53 bits per heavy atom. The molecule has 2 heterocycles. The molecular formula is C22H28N2O4S2. The minimum absolute atomic E-state index is 0.0880. The van der Waals surface area contributed by atoms with Gasteiger partial charge in [-0.3, -0.25) is 4.90 Å². The van der Waals surface area contributed by atoms with Crippen molar-refractivity contribution in [2.75, 3.05) is 42.6 Å². The van der Waals surface area contributed by atoms with Gasteiger partial charge < -0.3 is 4.90 Å². The molecule has 2 atom stereocenters. The normalized spacial score (nSPS) is 24.8. The van der Waals surface area contributed by atoms with Crippen LogP contribution in [-0.2, 0) is 26.1 Å². The van der Waals surface area contributed by atoms with Crippen molar-refractivity contribution in [3.8, 4) is 0 Å². The van der Waals surface area contributed by atoms with E-state index in [2.05, 4.69) is 21.9 Å². The van der Waals surface area contributed by atoms with Crippen LogP contribution in [0.4, 0.5) is 5.69 Å². The molecule has 162 valence electrons. The average molecular weight is 449 g/mol. The Labute approximate surface area is 179 Å². The number of para-hydroxylation sites is 1. The zero-order valence-electron chi connectivity index (χ0n) is 17.1. The summed E-state index contributed by atoms with van der Waals surface area (Å²) in [6.45, 7) is 4.81. The standard InChI is InChI=1S/C22H28N2O4S2/c1-2-18-8-10-20(11-9-18)30(27,28)22-17-29(25,26)16-21(22)24-14-12-23(13-15-24)19-6-4-3-5-7-19/h3-11,21-22H,2,12-17H2,1H3/t21-,22+/m0/s1. The first-order chi connectivity index (χ1) is 14.3. The van der Waals surface area contributed by atoms with Crippen molar-refractivity contribution < 1.29 is 16.8 Å². The molecule has 0 N–H and O–H groups in total. The fourth-order valence-electron chi connectivity index (χ4n) is 4.47. The molecule has 0 radical (unpaired) electrons. The number of piperazine rings is 1. The third kappa shape index (κ3) is 4.26. The highest BCUT2D eigenvalue weighted by molar-refractivity contribution is 7.96. The predicted octanol–water partition coefficient (Wildman–Crippen LogP) is 2.01. The second-order valence-corrected chi connectivity index (χ2v) is 12.4. The molecule has 6 nitrogen and oxygen atoms in total. The van der Waals surface area contributed by atoms with Gasteiger partial charge in [0.15, 0.2) is 19.7 Å². The molecule has 0 spiro atoms. The number of aryl methyl sites for hydroxylation is 1. The van der Waals surface area contributed by atoms with Crippen LogP contribution < -0.4 is 4.90 Å². The van der Waals surface area contributed by atoms with Crippen LogP contribution in [-0.4, -0.2) is 70.7 Å². The molecule has 2 aromatic rings. The molecule has 2 aliphatic heterocycles. The first-order valence-electron chi connectivity index (χ1n) is 10.4. The molecule has 0 saturated carbocycles. The summed E-state index contributed by atoms with van der Waals surface area (Å²) >= 11 is 0. The zero-order chi connectivity index (χ0) is 21.4. The number of rotatable bonds is 5. The van der Waals surface area contributed by atoms with Crippen molar-refractivity contribution in [1.29, 1.82) is 0 Å². The SMILES string of the molecule is CCc1ccc(S(=O)(=O)[C@@H]2CS(=O)(=O)C[C@@H]2N2CCN(c3ccccc3)CC2)cc1. The summed E-state index contributed by atoms with van der Waals surface area (Å²) in [4.78, 5) is 4.54. The maximum Gasteiger partial charge on any atom is 0.183 e. The van der Waals surface area contributed by atoms with E-state index in [-0.39, 0.29) is 16.4 Å². The lowest BCUT2D eigenvalue weighted by Crippen LogP contribution is -2.55. The topological polar surface area (TPSA) is 74.8 Å². The second kappa shape index (κ2) is 8.32. The van der Waals surface area contributed by atoms with Crippen molar-refractivity contribution in [2.24, 2.45) is 0 Å². The molecule has 0 amide bonds. The van der Waals surface area contributed by atoms with E-state index in [0.29, 0.717) is 13.1 Å². The molecule has 2 aromatic carbocycles. The van der Waals surface area contributed by atoms with E-state index in [1.54, 1.807) is 12.1 Å². The smallest absolute Gasteiger partial charge is 0.183 e. The minimum Gasteiger partial charge on any atom is -0.369 e. The predicted molar refractivity (Wildman–Crippen MR) is 119 cm³/mol. The summed E-state index contributed by atoms with van der Waals surface area (Å²) in [5.74, 6) is -0.385. The molecule has 0 aromatic heterocycles. The largest absolute Gasteiger partial charge is 0.369 e. The maximum atomic E-state index is 13.4. The molecule has 8 heteroatoms. The van der Waals surface area contributed by atoms with Crippen LogP contribution in [0.1, 0.15) is 12.5 Å². The van der Waals surface area contributed by atoms with Crippen molar-refractivity contribution in [1.82, 2.24) is 4.90 Å². The maximum absolute atomic E-state index is 13.4. The van der Waals surface area contributed by atoms with Crippen LogP contribution in [0.25, 0.3) is 0 Å². The average Bonchev–Trinajstić information content (AvgIpc) is 3.11. The number of hydrogen-bond donors (Lipinski definition) is 0. The van der Waals surface area contributed by atoms with E-state index in [0.717, 1.165) is 30.8 Å². The Morgan fingerprint density at radius 3 is 2.13 bits per heavy atom. The van der Waals surface area contributed by atoms with Gasteiger partial charge in [-0.25, -0.2) is 16.8 Å². The molecule has 0 unspecified atom stereocenters. The Bertz CT molecular complexity index is 1080. The van der Waals surface area contributed by atoms with E-state index in [1.165, 1.54) is 0 Å². The Kier molecular flexibility index (Phi) is 5.92. The van der Waals surface area contributed by atoms with Gasteiger partial charge in [-0.1, -0.05) is 37.3 Å². The fraction of sp³-hybridized carbons (Fsp3) is 0.455. The van der Waals surface area contributed by atoms with Gasteiger partial charge in [-0.05, 0) is 36.2 Å². The van der Waals surface area contributed by atoms with E-state index >= 15 is 0 Å². The highest BCUT2D eigenvalue weighted by atomic mass is 32.2. The van der Waals surface area contributed by atoms with Gasteiger partial charge in [0.25, 0.3) is 0 Å². The molecule has 30 heavy (non-hydrogen) atoms. The van der Waals surface area contributed by atoms with Crippen LogP contribution in [0.15, 0.2) is 59.5 Å². The monoisotopic (exact) mass is 448 g/mol. The van der Waals surface area contributed by atoms with Gasteiger partial charge >= 0.3 is 0 Å². The molecule has 2 fully saturated rings. The fourth-order valence-corrected chi connectivity index (χ4v) is 9.30. The van der Waals surface area contributed by atoms with Crippen LogP contribution in [0.3, 0.4) is 0 Å². The van der Waals surface area contributed by atoms with Crippen molar-refractivity contribution in [3.63, 3.8) is 0 Å². The van der Waals surface area contributed by atoms with E-state index < -0.39 is 31.0 Å². The van der Waals surface area contributed by atoms with Gasteiger partial charge in [-0.15, -0.1) is 0 Å². The first kappa shape index (κ1) is 21.3. The van der Waals surface area contributed by atoms with E-state index in [9.17, 15) is 16.8 Å². The molecule has 4 rings (SSSR count). The number of sulfone groups is 2. The zero-order valence-corrected chi connectivity index (χ0v) is 18.8. The summed E-state index contributed by atoms with van der Waals surface area (Å²) in [5, 5.41) is -0.918. The number of hydrogen-bond acceptors (Lipinski definition) is 6. The Hall–Kier alpha value is -1.90. The van der Waals surface area contributed by atoms with Gasteiger partial charge in [-0.2, -0.15) is 0 Å². The summed E-state index contributed by atoms with van der Waals surface area (Å²) in [6.07, 6.45) is 0.826. The summed E-state index contributed by atoms with van der Waals surface area (Å²) in [7, 11) is -7.13. The molecule has 0 bridgehead atoms. The third-order valence-corrected chi connectivity index (χ3v) is 10.4. The lowest BCUT2D eigenvalue weighted by molar-refractivity contribution is 0.201. The summed E-state index contributed by atoms with van der Waals surface area (Å²) < 4.78 is 51.6. The quantitative estimate of drug-likeness (QED) is 0.697. The lowest BCUT2D eigenvalue weighted by Gasteiger charge is -2.40. The Balaban J connectivity index is 1.54. The van der Waals surface area contributed by atoms with Crippen LogP contribution in [0.5, 0.6) is 0 Å². The summed E-state index contributed by atoms with van der Waals surface area (Å²) in [6, 6.07) is 16.4. The van der Waals surface area contributed by atoms with Crippen molar-refractivity contribution >= 4 is 25.4 Å². The molecular weight excluding hydrogens is 420 g/mol. The Morgan fingerprint density at radius 1 is 0.900 bits per heavy atom. The molecule has 2 saturated heterocycles. The minimum atomic E-state index is -3.73. The van der Waals surface area contributed by atoms with Gasteiger partial charge in [0.1, 0.15) is 0 Å². The van der Waals surface area contributed by atoms with Crippen LogP contribution in [0, 0.1) is 0 Å². The van der Waals surface area contributed by atoms with E-state index in [1.807, 2.05) is 37.3 Å². The van der Waals surface area contributed by atoms with Crippen molar-refractivity contribution in [2.45, 2.75) is 29.5 Å². The van der Waals surface area contributed by atoms with Gasteiger partial charge in [0, 0.05) is 37.9 Å². The van der Waals surface area contributed by atoms with Gasteiger partial charge in [0.05, 0.1) is 21.7 Å². The van der Waals surface area contributed by atoms with Crippen LogP contribution in [0.2, 0.25) is 0 Å². The number of nitrogens with zero attached hydrogens (tertiary/aromatic N) is 2. The number of anilines is 1. The van der Waals surface area contributed by atoms with Crippen molar-refractivity contribution in [3.05, 3.63) is 60.2 Å². The molecule has 2 aliphatic rings. The second-order valence-electron chi connectivity index (χ2n) is 8.08. The highest BCUT2D eigenvalue weighted by Crippen LogP contribution is 2.30. The third-order valence-electron chi connectivity index (χ3n) is 6.24. The van der Waals surface area contributed by atoms with Crippen LogP contribution >= 0.6 is 0 Å². The van der Waals surface area contributed by atoms with Gasteiger partial charge in [0.2, 0.25) is 0 Å². The van der Waals surface area contributed by atoms with E-state index in [4.69, 9.17) is 0 Å². The molecule has 0 aliphatic carbocycles. The summed E-state index contributed by atoms with van der Waals surface area (Å²) in [5.41, 5.74) is 2.19. The lowest BCUT2D eigenvalue weighted by atomic mass is 10.1. The number of benzene rings is 2.